The first-order valence-corrected chi connectivity index (χ1v) is 5.98. The summed E-state index contributed by atoms with van der Waals surface area (Å²) in [6.07, 6.45) is 1.70. The van der Waals surface area contributed by atoms with E-state index in [1.54, 1.807) is 22.2 Å². The Kier molecular flexibility index (Phi) is 2.84. The molecule has 0 aromatic carbocycles. The van der Waals surface area contributed by atoms with E-state index in [1.807, 2.05) is 7.05 Å². The zero-order valence-electron chi connectivity index (χ0n) is 7.51. The maximum absolute atomic E-state index is 6.08. The minimum absolute atomic E-state index is 0.130. The first kappa shape index (κ1) is 10.1. The molecule has 1 atom stereocenters. The zero-order valence-corrected chi connectivity index (χ0v) is 10.5. The van der Waals surface area contributed by atoms with Gasteiger partial charge in [-0.1, -0.05) is 5.21 Å². The second-order valence-electron chi connectivity index (χ2n) is 2.94. The molecule has 0 fully saturated rings. The second-order valence-corrected chi connectivity index (χ2v) is 5.75. The number of thiophene rings is 1. The molecule has 2 rings (SSSR count). The molecule has 0 aliphatic carbocycles. The fourth-order valence-electron chi connectivity index (χ4n) is 1.24. The molecule has 0 bridgehead atoms. The molecule has 2 aromatic heterocycles. The SMILES string of the molecule is Cn1nncc1C(N)c1csc(I)c1. The van der Waals surface area contributed by atoms with Crippen molar-refractivity contribution in [3.05, 3.63) is 31.8 Å². The smallest absolute Gasteiger partial charge is 0.0796 e. The van der Waals surface area contributed by atoms with Crippen molar-refractivity contribution < 1.29 is 0 Å². The average molecular weight is 320 g/mol. The predicted octanol–water partition coefficient (Wildman–Crippen LogP) is 1.53. The van der Waals surface area contributed by atoms with Crippen LogP contribution in [0.25, 0.3) is 0 Å². The molecule has 6 heteroatoms. The largest absolute Gasteiger partial charge is 0.319 e. The van der Waals surface area contributed by atoms with Crippen molar-refractivity contribution in [2.45, 2.75) is 6.04 Å². The third kappa shape index (κ3) is 1.82. The van der Waals surface area contributed by atoms with E-state index in [9.17, 15) is 0 Å². The van der Waals surface area contributed by atoms with Gasteiger partial charge in [-0.2, -0.15) is 0 Å². The fraction of sp³-hybridized carbons (Fsp3) is 0.250. The number of nitrogens with zero attached hydrogens (tertiary/aromatic N) is 3. The number of hydrogen-bond donors (Lipinski definition) is 1. The van der Waals surface area contributed by atoms with Gasteiger partial charge in [-0.3, -0.25) is 4.68 Å². The highest BCUT2D eigenvalue weighted by Gasteiger charge is 2.14. The van der Waals surface area contributed by atoms with E-state index in [2.05, 4.69) is 44.3 Å². The molecule has 0 saturated carbocycles. The Morgan fingerprint density at radius 3 is 2.93 bits per heavy atom. The summed E-state index contributed by atoms with van der Waals surface area (Å²) >= 11 is 3.98. The molecule has 2 N–H and O–H groups in total. The van der Waals surface area contributed by atoms with Gasteiger partial charge in [0.25, 0.3) is 0 Å². The third-order valence-electron chi connectivity index (χ3n) is 2.01. The number of aryl methyl sites for hydroxylation is 1. The summed E-state index contributed by atoms with van der Waals surface area (Å²) in [5, 5.41) is 9.74. The van der Waals surface area contributed by atoms with Crippen molar-refractivity contribution in [2.24, 2.45) is 12.8 Å². The lowest BCUT2D eigenvalue weighted by atomic mass is 10.1. The van der Waals surface area contributed by atoms with Crippen LogP contribution in [-0.2, 0) is 7.05 Å². The lowest BCUT2D eigenvalue weighted by Gasteiger charge is -2.08. The van der Waals surface area contributed by atoms with Crippen LogP contribution in [0.4, 0.5) is 0 Å². The molecule has 14 heavy (non-hydrogen) atoms. The Bertz CT molecular complexity index is 436. The molecule has 2 aromatic rings. The summed E-state index contributed by atoms with van der Waals surface area (Å²) in [6.45, 7) is 0. The molecule has 0 aliphatic rings. The van der Waals surface area contributed by atoms with Crippen LogP contribution in [-0.4, -0.2) is 15.0 Å². The Balaban J connectivity index is 2.33. The predicted molar refractivity (Wildman–Crippen MR) is 64.1 cm³/mol. The van der Waals surface area contributed by atoms with Crippen molar-refractivity contribution in [1.29, 1.82) is 0 Å². The molecular weight excluding hydrogens is 311 g/mol. The van der Waals surface area contributed by atoms with Gasteiger partial charge in [-0.15, -0.1) is 16.4 Å². The monoisotopic (exact) mass is 320 g/mol. The molecule has 0 aliphatic heterocycles. The Labute approximate surface area is 99.3 Å². The van der Waals surface area contributed by atoms with Crippen molar-refractivity contribution in [3.8, 4) is 0 Å². The summed E-state index contributed by atoms with van der Waals surface area (Å²) in [4.78, 5) is 0. The molecule has 2 heterocycles. The van der Waals surface area contributed by atoms with Gasteiger partial charge in [0.2, 0.25) is 0 Å². The van der Waals surface area contributed by atoms with Crippen molar-refractivity contribution in [3.63, 3.8) is 0 Å². The fourth-order valence-corrected chi connectivity index (χ4v) is 2.64. The van der Waals surface area contributed by atoms with E-state index in [4.69, 9.17) is 5.73 Å². The number of halogens is 1. The maximum Gasteiger partial charge on any atom is 0.0796 e. The number of aromatic nitrogens is 3. The van der Waals surface area contributed by atoms with Crippen molar-refractivity contribution in [2.75, 3.05) is 0 Å². The molecule has 0 spiro atoms. The van der Waals surface area contributed by atoms with Gasteiger partial charge in [-0.05, 0) is 39.6 Å². The lowest BCUT2D eigenvalue weighted by Crippen LogP contribution is -2.15. The van der Waals surface area contributed by atoms with Gasteiger partial charge < -0.3 is 5.73 Å². The summed E-state index contributed by atoms with van der Waals surface area (Å²) < 4.78 is 2.94. The molecule has 0 radical (unpaired) electrons. The highest BCUT2D eigenvalue weighted by Crippen LogP contribution is 2.24. The number of hydrogen-bond acceptors (Lipinski definition) is 4. The van der Waals surface area contributed by atoms with Crippen LogP contribution in [0.2, 0.25) is 0 Å². The average Bonchev–Trinajstić information content (AvgIpc) is 2.73. The highest BCUT2D eigenvalue weighted by molar-refractivity contribution is 14.1. The Morgan fingerprint density at radius 2 is 2.43 bits per heavy atom. The van der Waals surface area contributed by atoms with Gasteiger partial charge in [0, 0.05) is 7.05 Å². The van der Waals surface area contributed by atoms with Gasteiger partial charge in [0.05, 0.1) is 20.8 Å². The normalized spacial score (nSPS) is 13.1. The van der Waals surface area contributed by atoms with Crippen LogP contribution in [0.5, 0.6) is 0 Å². The Hall–Kier alpha value is -0.470. The molecule has 74 valence electrons. The minimum atomic E-state index is -0.130. The van der Waals surface area contributed by atoms with Gasteiger partial charge in [0.1, 0.15) is 0 Å². The van der Waals surface area contributed by atoms with E-state index < -0.39 is 0 Å². The zero-order chi connectivity index (χ0) is 10.1. The standard InChI is InChI=1S/C8H9IN4S/c1-13-6(3-11-12-13)8(10)5-2-7(9)14-4-5/h2-4,8H,10H2,1H3. The van der Waals surface area contributed by atoms with E-state index in [0.29, 0.717) is 0 Å². The third-order valence-corrected chi connectivity index (χ3v) is 3.82. The quantitative estimate of drug-likeness (QED) is 0.854. The molecule has 4 nitrogen and oxygen atoms in total. The van der Waals surface area contributed by atoms with Crippen LogP contribution in [0.15, 0.2) is 17.6 Å². The summed E-state index contributed by atoms with van der Waals surface area (Å²) in [5.74, 6) is 0. The van der Waals surface area contributed by atoms with Crippen LogP contribution in [0.3, 0.4) is 0 Å². The van der Waals surface area contributed by atoms with E-state index >= 15 is 0 Å². The summed E-state index contributed by atoms with van der Waals surface area (Å²) in [6, 6.07) is 1.96. The van der Waals surface area contributed by atoms with E-state index in [-0.39, 0.29) is 6.04 Å². The van der Waals surface area contributed by atoms with Gasteiger partial charge in [-0.25, -0.2) is 0 Å². The topological polar surface area (TPSA) is 56.7 Å². The van der Waals surface area contributed by atoms with Crippen molar-refractivity contribution in [1.82, 2.24) is 15.0 Å². The molecule has 1 unspecified atom stereocenters. The van der Waals surface area contributed by atoms with Gasteiger partial charge in [0.15, 0.2) is 0 Å². The van der Waals surface area contributed by atoms with Crippen LogP contribution in [0.1, 0.15) is 17.3 Å². The van der Waals surface area contributed by atoms with Crippen LogP contribution < -0.4 is 5.73 Å². The number of nitrogens with two attached hydrogens (primary N) is 1. The molecule has 0 amide bonds. The van der Waals surface area contributed by atoms with Crippen molar-refractivity contribution >= 4 is 33.9 Å². The highest BCUT2D eigenvalue weighted by atomic mass is 127. The summed E-state index contributed by atoms with van der Waals surface area (Å²) in [7, 11) is 1.85. The Morgan fingerprint density at radius 1 is 1.64 bits per heavy atom. The second kappa shape index (κ2) is 3.95. The van der Waals surface area contributed by atoms with Crippen LogP contribution in [0, 0.1) is 2.88 Å². The van der Waals surface area contributed by atoms with Gasteiger partial charge >= 0.3 is 0 Å². The van der Waals surface area contributed by atoms with E-state index in [1.165, 1.54) is 2.88 Å². The first-order chi connectivity index (χ1) is 6.68. The summed E-state index contributed by atoms with van der Waals surface area (Å²) in [5.41, 5.74) is 8.12. The van der Waals surface area contributed by atoms with E-state index in [0.717, 1.165) is 11.3 Å². The molecule has 0 saturated heterocycles. The maximum atomic E-state index is 6.08. The van der Waals surface area contributed by atoms with Crippen LogP contribution >= 0.6 is 33.9 Å². The lowest BCUT2D eigenvalue weighted by molar-refractivity contribution is 0.651. The molecular formula is C8H9IN4S. The minimum Gasteiger partial charge on any atom is -0.319 e. The number of rotatable bonds is 2. The first-order valence-electron chi connectivity index (χ1n) is 4.02.